The lowest BCUT2D eigenvalue weighted by Crippen LogP contribution is -2.37. The Morgan fingerprint density at radius 1 is 1.05 bits per heavy atom. The maximum Gasteiger partial charge on any atom is 0.120 e. The molecule has 1 aromatic rings. The highest BCUT2D eigenvalue weighted by Gasteiger charge is 2.23. The Bertz CT molecular complexity index is 460. The average molecular weight is 288 g/mol. The lowest BCUT2D eigenvalue weighted by Gasteiger charge is -2.34. The number of phenols is 1. The van der Waals surface area contributed by atoms with Crippen LogP contribution in [0.2, 0.25) is 0 Å². The van der Waals surface area contributed by atoms with Crippen molar-refractivity contribution in [2.75, 3.05) is 32.7 Å². The van der Waals surface area contributed by atoms with Gasteiger partial charge in [-0.3, -0.25) is 4.90 Å². The van der Waals surface area contributed by atoms with Crippen LogP contribution in [0.15, 0.2) is 18.2 Å². The summed E-state index contributed by atoms with van der Waals surface area (Å²) in [7, 11) is 0. The zero-order chi connectivity index (χ0) is 14.7. The summed E-state index contributed by atoms with van der Waals surface area (Å²) in [6.45, 7) is 9.27. The molecule has 2 saturated heterocycles. The molecule has 3 rings (SSSR count). The molecule has 0 atom stereocenters. The van der Waals surface area contributed by atoms with E-state index in [0.717, 1.165) is 18.0 Å². The highest BCUT2D eigenvalue weighted by atomic mass is 16.3. The van der Waals surface area contributed by atoms with E-state index >= 15 is 0 Å². The standard InChI is InChI=1S/C18H28N2O/c1-15-4-5-18(21)17(12-15)14-20-10-6-16(7-11-20)13-19-8-2-3-9-19/h4-5,12,16,21H,2-3,6-11,13-14H2,1H3. The van der Waals surface area contributed by atoms with Crippen LogP contribution in [0.4, 0.5) is 0 Å². The Kier molecular flexibility index (Phi) is 4.81. The first kappa shape index (κ1) is 14.9. The first-order valence-corrected chi connectivity index (χ1v) is 8.44. The van der Waals surface area contributed by atoms with Gasteiger partial charge in [-0.25, -0.2) is 0 Å². The van der Waals surface area contributed by atoms with Crippen molar-refractivity contribution >= 4 is 0 Å². The van der Waals surface area contributed by atoms with Crippen molar-refractivity contribution in [3.8, 4) is 5.75 Å². The number of hydrogen-bond acceptors (Lipinski definition) is 3. The molecule has 0 saturated carbocycles. The van der Waals surface area contributed by atoms with Crippen molar-refractivity contribution in [1.82, 2.24) is 9.80 Å². The molecule has 0 unspecified atom stereocenters. The molecule has 1 aromatic carbocycles. The van der Waals surface area contributed by atoms with Crippen LogP contribution >= 0.6 is 0 Å². The number of likely N-dealkylation sites (tertiary alicyclic amines) is 2. The van der Waals surface area contributed by atoms with Gasteiger partial charge in [0.25, 0.3) is 0 Å². The van der Waals surface area contributed by atoms with Crippen LogP contribution in [-0.2, 0) is 6.54 Å². The van der Waals surface area contributed by atoms with Crippen LogP contribution in [-0.4, -0.2) is 47.6 Å². The normalized spacial score (nSPS) is 22.0. The van der Waals surface area contributed by atoms with Gasteiger partial charge in [-0.2, -0.15) is 0 Å². The largest absolute Gasteiger partial charge is 0.508 e. The molecule has 116 valence electrons. The van der Waals surface area contributed by atoms with E-state index in [0.29, 0.717) is 5.75 Å². The van der Waals surface area contributed by atoms with Crippen molar-refractivity contribution in [2.45, 2.75) is 39.2 Å². The summed E-state index contributed by atoms with van der Waals surface area (Å²) in [6, 6.07) is 5.91. The van der Waals surface area contributed by atoms with Gasteiger partial charge in [0.2, 0.25) is 0 Å². The van der Waals surface area contributed by atoms with Crippen LogP contribution < -0.4 is 0 Å². The molecule has 0 aromatic heterocycles. The van der Waals surface area contributed by atoms with Gasteiger partial charge in [0.05, 0.1) is 0 Å². The molecule has 0 aliphatic carbocycles. The third-order valence-corrected chi connectivity index (χ3v) is 5.05. The molecule has 0 spiro atoms. The number of rotatable bonds is 4. The lowest BCUT2D eigenvalue weighted by molar-refractivity contribution is 0.148. The van der Waals surface area contributed by atoms with E-state index in [-0.39, 0.29) is 0 Å². The number of phenolic OH excluding ortho intramolecular Hbond substituents is 1. The first-order valence-electron chi connectivity index (χ1n) is 8.44. The van der Waals surface area contributed by atoms with Gasteiger partial charge >= 0.3 is 0 Å². The molecule has 0 bridgehead atoms. The van der Waals surface area contributed by atoms with Gasteiger partial charge in [0.1, 0.15) is 5.75 Å². The Hall–Kier alpha value is -1.06. The fraction of sp³-hybridized carbons (Fsp3) is 0.667. The van der Waals surface area contributed by atoms with E-state index in [1.165, 1.54) is 64.0 Å². The molecule has 1 N–H and O–H groups in total. The smallest absolute Gasteiger partial charge is 0.120 e. The molecular formula is C18H28N2O. The number of piperidine rings is 1. The summed E-state index contributed by atoms with van der Waals surface area (Å²) < 4.78 is 0. The van der Waals surface area contributed by atoms with Crippen molar-refractivity contribution < 1.29 is 5.11 Å². The minimum absolute atomic E-state index is 0.444. The molecule has 21 heavy (non-hydrogen) atoms. The van der Waals surface area contributed by atoms with Crippen molar-refractivity contribution in [2.24, 2.45) is 5.92 Å². The topological polar surface area (TPSA) is 26.7 Å². The van der Waals surface area contributed by atoms with E-state index in [2.05, 4.69) is 22.8 Å². The molecule has 2 heterocycles. The predicted molar refractivity (Wildman–Crippen MR) is 86.5 cm³/mol. The summed E-state index contributed by atoms with van der Waals surface area (Å²) in [5, 5.41) is 9.97. The van der Waals surface area contributed by atoms with Crippen LogP contribution in [0.5, 0.6) is 5.75 Å². The predicted octanol–water partition coefficient (Wildman–Crippen LogP) is 3.01. The molecule has 2 fully saturated rings. The van der Waals surface area contributed by atoms with E-state index < -0.39 is 0 Å². The zero-order valence-electron chi connectivity index (χ0n) is 13.2. The highest BCUT2D eigenvalue weighted by molar-refractivity contribution is 5.35. The number of aryl methyl sites for hydroxylation is 1. The molecular weight excluding hydrogens is 260 g/mol. The van der Waals surface area contributed by atoms with Crippen molar-refractivity contribution in [3.63, 3.8) is 0 Å². The SMILES string of the molecule is Cc1ccc(O)c(CN2CCC(CN3CCCC3)CC2)c1. The van der Waals surface area contributed by atoms with Gasteiger partial charge in [-0.15, -0.1) is 0 Å². The summed E-state index contributed by atoms with van der Waals surface area (Å²) in [5.74, 6) is 1.32. The lowest BCUT2D eigenvalue weighted by atomic mass is 9.95. The van der Waals surface area contributed by atoms with Crippen LogP contribution in [0, 0.1) is 12.8 Å². The maximum atomic E-state index is 9.97. The Balaban J connectivity index is 1.48. The summed E-state index contributed by atoms with van der Waals surface area (Å²) in [6.07, 6.45) is 5.41. The van der Waals surface area contributed by atoms with Crippen LogP contribution in [0.25, 0.3) is 0 Å². The summed E-state index contributed by atoms with van der Waals surface area (Å²) in [5.41, 5.74) is 2.31. The second kappa shape index (κ2) is 6.80. The minimum Gasteiger partial charge on any atom is -0.508 e. The van der Waals surface area contributed by atoms with Crippen molar-refractivity contribution in [1.29, 1.82) is 0 Å². The number of nitrogens with zero attached hydrogens (tertiary/aromatic N) is 2. The van der Waals surface area contributed by atoms with E-state index in [1.54, 1.807) is 0 Å². The zero-order valence-corrected chi connectivity index (χ0v) is 13.2. The quantitative estimate of drug-likeness (QED) is 0.922. The Morgan fingerprint density at radius 3 is 2.48 bits per heavy atom. The fourth-order valence-corrected chi connectivity index (χ4v) is 3.74. The highest BCUT2D eigenvalue weighted by Crippen LogP contribution is 2.25. The number of aromatic hydroxyl groups is 1. The molecule has 2 aliphatic rings. The first-order chi connectivity index (χ1) is 10.2. The maximum absolute atomic E-state index is 9.97. The second-order valence-corrected chi connectivity index (χ2v) is 6.86. The molecule has 3 heteroatoms. The van der Waals surface area contributed by atoms with Gasteiger partial charge < -0.3 is 10.0 Å². The van der Waals surface area contributed by atoms with Crippen molar-refractivity contribution in [3.05, 3.63) is 29.3 Å². The number of hydrogen-bond donors (Lipinski definition) is 1. The Morgan fingerprint density at radius 2 is 1.76 bits per heavy atom. The average Bonchev–Trinajstić information content (AvgIpc) is 2.98. The molecule has 2 aliphatic heterocycles. The van der Waals surface area contributed by atoms with E-state index in [9.17, 15) is 5.11 Å². The minimum atomic E-state index is 0.444. The van der Waals surface area contributed by atoms with E-state index in [4.69, 9.17) is 0 Å². The van der Waals surface area contributed by atoms with Gasteiger partial charge in [-0.1, -0.05) is 17.7 Å². The van der Waals surface area contributed by atoms with Gasteiger partial charge in [0.15, 0.2) is 0 Å². The fourth-order valence-electron chi connectivity index (χ4n) is 3.74. The Labute approximate surface area is 128 Å². The second-order valence-electron chi connectivity index (χ2n) is 6.86. The van der Waals surface area contributed by atoms with Gasteiger partial charge in [-0.05, 0) is 70.8 Å². The summed E-state index contributed by atoms with van der Waals surface area (Å²) in [4.78, 5) is 5.14. The third-order valence-electron chi connectivity index (χ3n) is 5.05. The third kappa shape index (κ3) is 3.98. The number of benzene rings is 1. The van der Waals surface area contributed by atoms with E-state index in [1.807, 2.05) is 12.1 Å². The van der Waals surface area contributed by atoms with Gasteiger partial charge in [0, 0.05) is 18.7 Å². The monoisotopic (exact) mass is 288 g/mol. The molecule has 3 nitrogen and oxygen atoms in total. The summed E-state index contributed by atoms with van der Waals surface area (Å²) >= 11 is 0. The molecule has 0 radical (unpaired) electrons. The molecule has 0 amide bonds. The van der Waals surface area contributed by atoms with Crippen LogP contribution in [0.1, 0.15) is 36.8 Å². The van der Waals surface area contributed by atoms with Crippen LogP contribution in [0.3, 0.4) is 0 Å².